The van der Waals surface area contributed by atoms with Crippen molar-refractivity contribution in [2.24, 2.45) is 5.73 Å². The van der Waals surface area contributed by atoms with Crippen molar-refractivity contribution in [2.75, 3.05) is 6.61 Å². The zero-order chi connectivity index (χ0) is 4.99. The van der Waals surface area contributed by atoms with Crippen LogP contribution in [-0.2, 0) is 4.74 Å². The summed E-state index contributed by atoms with van der Waals surface area (Å²) >= 11 is 0. The third-order valence-corrected chi connectivity index (χ3v) is 0.287. The van der Waals surface area contributed by atoms with Gasteiger partial charge in [0.2, 0.25) is 0 Å². The Labute approximate surface area is 72.2 Å². The Bertz CT molecular complexity index is 56.9. The monoisotopic (exact) mass is 129 g/mol. The fourth-order valence-electron chi connectivity index (χ4n) is 0.142. The van der Waals surface area contributed by atoms with Crippen LogP contribution in [0.5, 0.6) is 0 Å². The van der Waals surface area contributed by atoms with Crippen LogP contribution in [0.25, 0.3) is 0 Å². The van der Waals surface area contributed by atoms with Crippen LogP contribution in [0.1, 0.15) is 6.92 Å². The molecule has 0 bridgehead atoms. The quantitative estimate of drug-likeness (QED) is 0.545. The van der Waals surface area contributed by atoms with E-state index in [0.29, 0.717) is 6.61 Å². The topological polar surface area (TPSA) is 52.3 Å². The number of ether oxygens (including phenoxy) is 1. The molecule has 0 saturated carbocycles. The van der Waals surface area contributed by atoms with Gasteiger partial charge in [-0.05, 0) is 6.92 Å². The van der Waals surface area contributed by atoms with E-state index in [1.54, 1.807) is 6.92 Å². The van der Waals surface area contributed by atoms with E-state index in [1.165, 1.54) is 0 Å². The number of nitrogens with two attached hydrogens (primary N) is 1. The van der Waals surface area contributed by atoms with Gasteiger partial charge < -0.3 is 10.5 Å². The second kappa shape index (κ2) is 6.53. The van der Waals surface area contributed by atoms with Gasteiger partial charge in [0.1, 0.15) is 0 Å². The van der Waals surface area contributed by atoms with Crippen molar-refractivity contribution in [2.45, 2.75) is 6.92 Å². The van der Waals surface area contributed by atoms with Gasteiger partial charge in [0.25, 0.3) is 0 Å². The number of carbonyl (C=O) groups excluding carboxylic acids is 1. The van der Waals surface area contributed by atoms with Crippen molar-refractivity contribution in [1.29, 1.82) is 0 Å². The van der Waals surface area contributed by atoms with Gasteiger partial charge >= 0.3 is 6.09 Å². The predicted octanol–water partition coefficient (Wildman–Crippen LogP) is 0.102. The SMILES string of the molecule is CCOC(N)=O.[Ar]. The van der Waals surface area contributed by atoms with Crippen LogP contribution in [0.4, 0.5) is 4.79 Å². The molecule has 1 amide bonds. The molecule has 0 aliphatic rings. The van der Waals surface area contributed by atoms with Crippen molar-refractivity contribution in [3.63, 3.8) is 0 Å². The van der Waals surface area contributed by atoms with Gasteiger partial charge in [-0.15, -0.1) is 0 Å². The molecule has 0 atom stereocenters. The van der Waals surface area contributed by atoms with Gasteiger partial charge in [0.05, 0.1) is 6.61 Å². The minimum absolute atomic E-state index is 0. The van der Waals surface area contributed by atoms with Crippen LogP contribution in [0.2, 0.25) is 0 Å². The number of carbonyl (C=O) groups is 1. The molecular weight excluding hydrogens is 122 g/mol. The Balaban J connectivity index is 0. The summed E-state index contributed by atoms with van der Waals surface area (Å²) in [4.78, 5) is 9.60. The maximum absolute atomic E-state index is 9.60. The van der Waals surface area contributed by atoms with Crippen molar-refractivity contribution in [3.05, 3.63) is 0 Å². The predicted molar refractivity (Wildman–Crippen MR) is 21.2 cm³/mol. The van der Waals surface area contributed by atoms with Gasteiger partial charge in [0, 0.05) is 37.7 Å². The molecule has 0 aromatic carbocycles. The third-order valence-electron chi connectivity index (χ3n) is 0.287. The van der Waals surface area contributed by atoms with E-state index < -0.39 is 6.09 Å². The van der Waals surface area contributed by atoms with Gasteiger partial charge in [0.15, 0.2) is 0 Å². The summed E-state index contributed by atoms with van der Waals surface area (Å²) in [6, 6.07) is 0. The zero-order valence-corrected chi connectivity index (χ0v) is 4.66. The average molecular weight is 129 g/mol. The Kier molecular flexibility index (Phi) is 9.79. The van der Waals surface area contributed by atoms with E-state index in [4.69, 9.17) is 0 Å². The first kappa shape index (κ1) is 10.5. The van der Waals surface area contributed by atoms with E-state index in [1.807, 2.05) is 0 Å². The number of hydrogen-bond acceptors (Lipinski definition) is 2. The summed E-state index contributed by atoms with van der Waals surface area (Å²) in [6.45, 7) is 2.06. The summed E-state index contributed by atoms with van der Waals surface area (Å²) in [6.07, 6.45) is -0.711. The molecule has 7 heavy (non-hydrogen) atoms. The molecule has 0 aromatic rings. The number of primary amides is 1. The molecule has 0 unspecified atom stereocenters. The number of amides is 1. The van der Waals surface area contributed by atoms with Crippen molar-refractivity contribution >= 4 is 6.09 Å². The van der Waals surface area contributed by atoms with Gasteiger partial charge in [-0.25, -0.2) is 4.79 Å². The summed E-state index contributed by atoms with van der Waals surface area (Å²) in [7, 11) is 0. The molecule has 4 heteroatoms. The number of rotatable bonds is 1. The van der Waals surface area contributed by atoms with Gasteiger partial charge in [-0.3, -0.25) is 0 Å². The van der Waals surface area contributed by atoms with Crippen molar-refractivity contribution in [3.8, 4) is 0 Å². The van der Waals surface area contributed by atoms with Crippen molar-refractivity contribution in [1.82, 2.24) is 0 Å². The summed E-state index contributed by atoms with van der Waals surface area (Å²) in [5.41, 5.74) is 4.54. The van der Waals surface area contributed by atoms with E-state index in [0.717, 1.165) is 0 Å². The molecule has 0 heterocycles. The summed E-state index contributed by atoms with van der Waals surface area (Å²) in [5, 5.41) is 0. The number of hydrogen-bond donors (Lipinski definition) is 1. The summed E-state index contributed by atoms with van der Waals surface area (Å²) in [5.74, 6) is 0. The Morgan fingerprint density at radius 2 is 2.29 bits per heavy atom. The molecule has 0 fully saturated rings. The first-order chi connectivity index (χ1) is 2.77. The molecule has 3 nitrogen and oxygen atoms in total. The minimum Gasteiger partial charge on any atom is -0.450 e. The third kappa shape index (κ3) is 10.8. The normalized spacial score (nSPS) is 6.43. The van der Waals surface area contributed by atoms with Crippen LogP contribution in [-0.4, -0.2) is 12.7 Å². The molecule has 0 saturated heterocycles. The molecular formula is C3H7ArNO2. The second-order valence-corrected chi connectivity index (χ2v) is 0.752. The van der Waals surface area contributed by atoms with E-state index in [2.05, 4.69) is 10.5 Å². The molecule has 0 radical (unpaired) electrons. The van der Waals surface area contributed by atoms with E-state index in [9.17, 15) is 4.79 Å². The first-order valence-electron chi connectivity index (χ1n) is 1.69. The molecule has 0 spiro atoms. The first-order valence-corrected chi connectivity index (χ1v) is 1.69. The van der Waals surface area contributed by atoms with E-state index >= 15 is 0 Å². The molecule has 0 rings (SSSR count). The van der Waals surface area contributed by atoms with Crippen LogP contribution >= 0.6 is 0 Å². The molecule has 0 aromatic heterocycles. The van der Waals surface area contributed by atoms with E-state index in [-0.39, 0.29) is 37.7 Å². The Morgan fingerprint density at radius 3 is 2.29 bits per heavy atom. The van der Waals surface area contributed by atoms with Gasteiger partial charge in [-0.1, -0.05) is 0 Å². The zero-order valence-electron chi connectivity index (χ0n) is 3.95. The largest absolute Gasteiger partial charge is 0.450 e. The molecule has 0 aliphatic carbocycles. The second-order valence-electron chi connectivity index (χ2n) is 0.752. The van der Waals surface area contributed by atoms with Crippen LogP contribution in [0, 0.1) is 37.7 Å². The maximum Gasteiger partial charge on any atom is 0.404 e. The fraction of sp³-hybridized carbons (Fsp3) is 0.667. The maximum atomic E-state index is 9.60. The Hall–Kier alpha value is 0.530. The average Bonchev–Trinajstić information content (AvgIpc) is 1.35. The van der Waals surface area contributed by atoms with Crippen LogP contribution in [0.15, 0.2) is 0 Å². The molecule has 44 valence electrons. The smallest absolute Gasteiger partial charge is 0.404 e. The summed E-state index contributed by atoms with van der Waals surface area (Å²) < 4.78 is 4.18. The van der Waals surface area contributed by atoms with Crippen LogP contribution in [0.3, 0.4) is 0 Å². The standard InChI is InChI=1S/C3H7NO2.Ar/c1-2-6-3(4)5;/h2H2,1H3,(H2,4,5);. The molecule has 0 aliphatic heterocycles. The van der Waals surface area contributed by atoms with Crippen molar-refractivity contribution < 1.29 is 47.3 Å². The Morgan fingerprint density at radius 1 is 1.86 bits per heavy atom. The van der Waals surface area contributed by atoms with Crippen LogP contribution < -0.4 is 5.73 Å². The van der Waals surface area contributed by atoms with Gasteiger partial charge in [-0.2, -0.15) is 0 Å². The minimum atomic E-state index is -0.711. The molecule has 2 N–H and O–H groups in total. The fourth-order valence-corrected chi connectivity index (χ4v) is 0.142.